The van der Waals surface area contributed by atoms with E-state index in [4.69, 9.17) is 4.74 Å². The molecule has 1 heterocycles. The van der Waals surface area contributed by atoms with Gasteiger partial charge in [-0.05, 0) is 86.6 Å². The molecule has 55 heavy (non-hydrogen) atoms. The van der Waals surface area contributed by atoms with Crippen LogP contribution in [-0.4, -0.2) is 0 Å². The molecule has 0 saturated carbocycles. The fourth-order valence-electron chi connectivity index (χ4n) is 9.17. The number of ether oxygens (including phenoxy) is 1. The highest BCUT2D eigenvalue weighted by molar-refractivity contribution is 6.01. The second-order valence-electron chi connectivity index (χ2n) is 14.4. The summed E-state index contributed by atoms with van der Waals surface area (Å²) in [5, 5.41) is 2.36. The molecule has 258 valence electrons. The van der Waals surface area contributed by atoms with Gasteiger partial charge in [-0.15, -0.1) is 0 Å². The monoisotopic (exact) mass is 701 g/mol. The van der Waals surface area contributed by atoms with Crippen molar-refractivity contribution in [2.24, 2.45) is 0 Å². The molecule has 1 aliphatic heterocycles. The summed E-state index contributed by atoms with van der Waals surface area (Å²) in [7, 11) is 0. The van der Waals surface area contributed by atoms with Gasteiger partial charge < -0.3 is 9.64 Å². The van der Waals surface area contributed by atoms with E-state index in [9.17, 15) is 0 Å². The first-order valence-electron chi connectivity index (χ1n) is 18.9. The first-order chi connectivity index (χ1) is 27.3. The van der Waals surface area contributed by atoms with E-state index in [1.165, 1.54) is 55.3 Å². The highest BCUT2D eigenvalue weighted by atomic mass is 16.5. The predicted octanol–water partition coefficient (Wildman–Crippen LogP) is 14.1. The minimum absolute atomic E-state index is 0.599. The molecule has 0 radical (unpaired) electrons. The standard InChI is InChI=1S/C53H35NO/c1-3-16-36(17-4-1)37-30-32-41(33-31-37)54(48-27-13-10-22-42(48)38-18-5-2-6-19-38)49-28-15-26-46-52(49)43-23-9-11-24-44(43)53(46)45-25-12-14-29-50(45)55-51-35-40-21-8-7-20-39(40)34-47(51)53/h1-35H. The molecular formula is C53H35NO. The zero-order valence-electron chi connectivity index (χ0n) is 30.1. The van der Waals surface area contributed by atoms with Crippen molar-refractivity contribution in [3.05, 3.63) is 235 Å². The summed E-state index contributed by atoms with van der Waals surface area (Å²) in [5.41, 5.74) is 14.8. The van der Waals surface area contributed by atoms with Crippen LogP contribution in [-0.2, 0) is 5.41 Å². The van der Waals surface area contributed by atoms with E-state index >= 15 is 0 Å². The maximum absolute atomic E-state index is 6.82. The average molecular weight is 702 g/mol. The molecule has 1 spiro atoms. The molecule has 2 nitrogen and oxygen atoms in total. The summed E-state index contributed by atoms with van der Waals surface area (Å²) in [5.74, 6) is 1.79. The summed E-state index contributed by atoms with van der Waals surface area (Å²) >= 11 is 0. The molecule has 1 atom stereocenters. The van der Waals surface area contributed by atoms with Gasteiger partial charge in [-0.2, -0.15) is 0 Å². The van der Waals surface area contributed by atoms with E-state index in [1.54, 1.807) is 0 Å². The first kappa shape index (κ1) is 31.4. The van der Waals surface area contributed by atoms with E-state index in [-0.39, 0.29) is 0 Å². The van der Waals surface area contributed by atoms with Crippen molar-refractivity contribution in [2.75, 3.05) is 4.90 Å². The number of hydrogen-bond donors (Lipinski definition) is 0. The Bertz CT molecular complexity index is 2900. The molecule has 0 fully saturated rings. The lowest BCUT2D eigenvalue weighted by Crippen LogP contribution is -2.32. The Hall–Kier alpha value is -7.16. The van der Waals surface area contributed by atoms with Crippen molar-refractivity contribution in [3.8, 4) is 44.9 Å². The molecule has 2 heteroatoms. The molecule has 0 amide bonds. The van der Waals surface area contributed by atoms with Gasteiger partial charge in [-0.25, -0.2) is 0 Å². The minimum atomic E-state index is -0.599. The maximum atomic E-state index is 6.82. The normalized spacial score (nSPS) is 14.8. The summed E-state index contributed by atoms with van der Waals surface area (Å²) in [6.45, 7) is 0. The Balaban J connectivity index is 1.22. The van der Waals surface area contributed by atoms with Crippen molar-refractivity contribution < 1.29 is 4.74 Å². The van der Waals surface area contributed by atoms with E-state index in [0.29, 0.717) is 0 Å². The van der Waals surface area contributed by atoms with Gasteiger partial charge in [0.1, 0.15) is 11.5 Å². The highest BCUT2D eigenvalue weighted by Gasteiger charge is 2.52. The van der Waals surface area contributed by atoms with E-state index in [0.717, 1.165) is 39.7 Å². The Kier molecular flexibility index (Phi) is 7.11. The zero-order valence-corrected chi connectivity index (χ0v) is 30.1. The third-order valence-corrected chi connectivity index (χ3v) is 11.5. The van der Waals surface area contributed by atoms with Crippen LogP contribution in [0.2, 0.25) is 0 Å². The molecule has 9 aromatic rings. The van der Waals surface area contributed by atoms with Gasteiger partial charge in [0.2, 0.25) is 0 Å². The Morgan fingerprint density at radius 2 is 0.909 bits per heavy atom. The number of fused-ring (bicyclic) bond motifs is 10. The summed E-state index contributed by atoms with van der Waals surface area (Å²) in [4.78, 5) is 2.47. The van der Waals surface area contributed by atoms with Crippen LogP contribution in [0.25, 0.3) is 44.2 Å². The van der Waals surface area contributed by atoms with Crippen molar-refractivity contribution in [1.82, 2.24) is 0 Å². The molecule has 1 unspecified atom stereocenters. The minimum Gasteiger partial charge on any atom is -0.457 e. The summed E-state index contributed by atoms with van der Waals surface area (Å²) in [6.07, 6.45) is 0. The van der Waals surface area contributed by atoms with Gasteiger partial charge in [-0.1, -0.05) is 170 Å². The van der Waals surface area contributed by atoms with Crippen LogP contribution >= 0.6 is 0 Å². The van der Waals surface area contributed by atoms with Gasteiger partial charge in [0.15, 0.2) is 0 Å². The SMILES string of the molecule is c1ccc(-c2ccc(N(c3ccccc3-c3ccccc3)c3cccc4c3-c3ccccc3C43c4ccccc4Oc4cc5ccccc5cc43)cc2)cc1. The van der Waals surface area contributed by atoms with Gasteiger partial charge in [0.05, 0.1) is 16.8 Å². The predicted molar refractivity (Wildman–Crippen MR) is 227 cm³/mol. The number of hydrogen-bond acceptors (Lipinski definition) is 2. The van der Waals surface area contributed by atoms with Crippen LogP contribution in [0.3, 0.4) is 0 Å². The van der Waals surface area contributed by atoms with Crippen LogP contribution in [0.4, 0.5) is 17.1 Å². The summed E-state index contributed by atoms with van der Waals surface area (Å²) in [6, 6.07) is 76.9. The number of para-hydroxylation sites is 2. The smallest absolute Gasteiger partial charge is 0.132 e. The van der Waals surface area contributed by atoms with Gasteiger partial charge in [0, 0.05) is 27.9 Å². The van der Waals surface area contributed by atoms with Crippen LogP contribution < -0.4 is 9.64 Å². The molecule has 11 rings (SSSR count). The topological polar surface area (TPSA) is 12.5 Å². The van der Waals surface area contributed by atoms with E-state index < -0.39 is 5.41 Å². The third-order valence-electron chi connectivity index (χ3n) is 11.5. The third kappa shape index (κ3) is 4.75. The molecule has 2 aliphatic rings. The van der Waals surface area contributed by atoms with Crippen molar-refractivity contribution >= 4 is 27.8 Å². The Labute approximate surface area is 321 Å². The molecule has 0 aromatic heterocycles. The quantitative estimate of drug-likeness (QED) is 0.177. The van der Waals surface area contributed by atoms with Crippen molar-refractivity contribution in [1.29, 1.82) is 0 Å². The largest absolute Gasteiger partial charge is 0.457 e. The van der Waals surface area contributed by atoms with Crippen LogP contribution in [0.1, 0.15) is 22.3 Å². The summed E-state index contributed by atoms with van der Waals surface area (Å²) < 4.78 is 6.82. The number of benzene rings is 9. The second-order valence-corrected chi connectivity index (χ2v) is 14.4. The lowest BCUT2D eigenvalue weighted by atomic mass is 9.66. The van der Waals surface area contributed by atoms with E-state index in [2.05, 4.69) is 217 Å². The Morgan fingerprint density at radius 1 is 0.345 bits per heavy atom. The van der Waals surface area contributed by atoms with Crippen LogP contribution in [0, 0.1) is 0 Å². The fourth-order valence-corrected chi connectivity index (χ4v) is 9.17. The van der Waals surface area contributed by atoms with Gasteiger partial charge in [-0.3, -0.25) is 0 Å². The number of anilines is 3. The molecule has 1 aliphatic carbocycles. The van der Waals surface area contributed by atoms with Crippen molar-refractivity contribution in [3.63, 3.8) is 0 Å². The fraction of sp³-hybridized carbons (Fsp3) is 0.0189. The Morgan fingerprint density at radius 3 is 1.69 bits per heavy atom. The highest BCUT2D eigenvalue weighted by Crippen LogP contribution is 2.64. The second kappa shape index (κ2) is 12.5. The molecule has 0 saturated heterocycles. The van der Waals surface area contributed by atoms with Crippen molar-refractivity contribution in [2.45, 2.75) is 5.41 Å². The molecule has 9 aromatic carbocycles. The van der Waals surface area contributed by atoms with Crippen LogP contribution in [0.15, 0.2) is 212 Å². The van der Waals surface area contributed by atoms with Gasteiger partial charge >= 0.3 is 0 Å². The van der Waals surface area contributed by atoms with Crippen LogP contribution in [0.5, 0.6) is 11.5 Å². The van der Waals surface area contributed by atoms with E-state index in [1.807, 2.05) is 0 Å². The molecular weight excluding hydrogens is 667 g/mol. The average Bonchev–Trinajstić information content (AvgIpc) is 3.55. The lowest BCUT2D eigenvalue weighted by Gasteiger charge is -2.39. The zero-order chi connectivity index (χ0) is 36.3. The van der Waals surface area contributed by atoms with Gasteiger partial charge in [0.25, 0.3) is 0 Å². The number of nitrogens with zero attached hydrogens (tertiary/aromatic N) is 1. The maximum Gasteiger partial charge on any atom is 0.132 e. The number of rotatable bonds is 5. The molecule has 0 bridgehead atoms. The first-order valence-corrected chi connectivity index (χ1v) is 18.9. The molecule has 0 N–H and O–H groups in total. The lowest BCUT2D eigenvalue weighted by molar-refractivity contribution is 0.437.